The third kappa shape index (κ3) is 6.53. The van der Waals surface area contributed by atoms with Crippen molar-refractivity contribution >= 4 is 24.2 Å². The summed E-state index contributed by atoms with van der Waals surface area (Å²) in [5, 5.41) is 5.72. The van der Waals surface area contributed by atoms with Crippen LogP contribution in [0.5, 0.6) is 0 Å². The number of carbonyl (C=O) groups is 2. The Morgan fingerprint density at radius 3 is 2.54 bits per heavy atom. The Balaban J connectivity index is 0.00000338. The number of benzene rings is 1. The maximum absolute atomic E-state index is 13.5. The van der Waals surface area contributed by atoms with E-state index in [9.17, 15) is 18.4 Å². The van der Waals surface area contributed by atoms with E-state index in [4.69, 9.17) is 0 Å². The van der Waals surface area contributed by atoms with Gasteiger partial charge in [0.2, 0.25) is 5.91 Å². The quantitative estimate of drug-likeness (QED) is 0.704. The van der Waals surface area contributed by atoms with Gasteiger partial charge in [-0.25, -0.2) is 8.78 Å². The lowest BCUT2D eigenvalue weighted by Crippen LogP contribution is -2.40. The van der Waals surface area contributed by atoms with Crippen LogP contribution >= 0.6 is 12.4 Å². The van der Waals surface area contributed by atoms with Crippen molar-refractivity contribution in [2.75, 3.05) is 33.2 Å². The number of amides is 2. The number of halogens is 3. The number of nitrogens with zero attached hydrogens (tertiary/aromatic N) is 1. The molecule has 146 valence electrons. The van der Waals surface area contributed by atoms with Crippen LogP contribution in [0.15, 0.2) is 18.2 Å². The predicted molar refractivity (Wildman–Crippen MR) is 98.4 cm³/mol. The van der Waals surface area contributed by atoms with Crippen molar-refractivity contribution < 1.29 is 18.4 Å². The van der Waals surface area contributed by atoms with Crippen molar-refractivity contribution in [2.45, 2.75) is 25.7 Å². The van der Waals surface area contributed by atoms with Crippen LogP contribution in [0.4, 0.5) is 8.78 Å². The molecule has 0 aliphatic carbocycles. The largest absolute Gasteiger partial charge is 0.352 e. The van der Waals surface area contributed by atoms with Crippen molar-refractivity contribution in [1.29, 1.82) is 0 Å². The van der Waals surface area contributed by atoms with Crippen LogP contribution in [0, 0.1) is 17.6 Å². The Labute approximate surface area is 158 Å². The smallest absolute Gasteiger partial charge is 0.254 e. The Morgan fingerprint density at radius 2 is 1.92 bits per heavy atom. The molecule has 1 aromatic carbocycles. The Kier molecular flexibility index (Phi) is 9.51. The van der Waals surface area contributed by atoms with Crippen LogP contribution in [-0.2, 0) is 4.79 Å². The molecule has 1 aliphatic rings. The molecule has 1 aromatic rings. The summed E-state index contributed by atoms with van der Waals surface area (Å²) in [6.07, 6.45) is 2.85. The minimum Gasteiger partial charge on any atom is -0.352 e. The highest BCUT2D eigenvalue weighted by Gasteiger charge is 2.22. The molecule has 8 heteroatoms. The summed E-state index contributed by atoms with van der Waals surface area (Å²) in [6, 6.07) is 2.83. The van der Waals surface area contributed by atoms with E-state index in [-0.39, 0.29) is 30.4 Å². The van der Waals surface area contributed by atoms with Crippen molar-refractivity contribution in [3.05, 3.63) is 35.4 Å². The zero-order chi connectivity index (χ0) is 18.2. The number of nitrogens with one attached hydrogen (secondary N) is 2. The van der Waals surface area contributed by atoms with Crippen LogP contribution < -0.4 is 10.6 Å². The highest BCUT2D eigenvalue weighted by Crippen LogP contribution is 2.17. The van der Waals surface area contributed by atoms with Gasteiger partial charge in [-0.05, 0) is 50.9 Å². The number of likely N-dealkylation sites (tertiary alicyclic amines) is 1. The average molecular weight is 390 g/mol. The molecule has 2 amide bonds. The first-order chi connectivity index (χ1) is 12.0. The van der Waals surface area contributed by atoms with Gasteiger partial charge in [0.15, 0.2) is 0 Å². The molecule has 0 aromatic heterocycles. The number of hydrogen-bond donors (Lipinski definition) is 2. The van der Waals surface area contributed by atoms with Crippen molar-refractivity contribution in [2.24, 2.45) is 5.92 Å². The number of carbonyl (C=O) groups excluding carboxylic acids is 2. The van der Waals surface area contributed by atoms with Gasteiger partial charge in [0.25, 0.3) is 5.91 Å². The van der Waals surface area contributed by atoms with Crippen LogP contribution in [0.1, 0.15) is 36.0 Å². The third-order valence-corrected chi connectivity index (χ3v) is 4.49. The Bertz CT molecular complexity index is 608. The molecule has 0 atom stereocenters. The Morgan fingerprint density at radius 1 is 1.23 bits per heavy atom. The first-order valence-corrected chi connectivity index (χ1v) is 8.67. The van der Waals surface area contributed by atoms with Gasteiger partial charge in [0.1, 0.15) is 11.6 Å². The molecule has 0 unspecified atom stereocenters. The second-order valence-electron chi connectivity index (χ2n) is 6.37. The lowest BCUT2D eigenvalue weighted by atomic mass is 9.96. The lowest BCUT2D eigenvalue weighted by Gasteiger charge is -2.32. The number of hydrogen-bond acceptors (Lipinski definition) is 3. The molecule has 5 nitrogen and oxygen atoms in total. The van der Waals surface area contributed by atoms with Gasteiger partial charge in [-0.2, -0.15) is 0 Å². The normalized spacial score (nSPS) is 14.7. The van der Waals surface area contributed by atoms with E-state index in [1.807, 2.05) is 11.9 Å². The molecule has 0 saturated carbocycles. The fourth-order valence-electron chi connectivity index (χ4n) is 3.04. The van der Waals surface area contributed by atoms with Gasteiger partial charge >= 0.3 is 0 Å². The van der Waals surface area contributed by atoms with Gasteiger partial charge in [0.05, 0.1) is 5.56 Å². The molecular formula is C18H26ClF2N3O2. The maximum Gasteiger partial charge on any atom is 0.254 e. The summed E-state index contributed by atoms with van der Waals surface area (Å²) in [7, 11) is 1.93. The van der Waals surface area contributed by atoms with Gasteiger partial charge < -0.3 is 15.5 Å². The standard InChI is InChI=1S/C18H25F2N3O2.ClH/c1-21-12-13-6-9-23(10-7-13)17(24)3-2-8-22-18(25)15-5-4-14(19)11-16(15)20;/h4-5,11,13,21H,2-3,6-10,12H2,1H3,(H,22,25);1H. The first-order valence-electron chi connectivity index (χ1n) is 8.67. The monoisotopic (exact) mass is 389 g/mol. The number of piperidine rings is 1. The molecule has 26 heavy (non-hydrogen) atoms. The van der Waals surface area contributed by atoms with Crippen molar-refractivity contribution in [1.82, 2.24) is 15.5 Å². The molecular weight excluding hydrogens is 364 g/mol. The highest BCUT2D eigenvalue weighted by molar-refractivity contribution is 5.94. The van der Waals surface area contributed by atoms with E-state index in [0.29, 0.717) is 24.8 Å². The molecule has 1 fully saturated rings. The summed E-state index contributed by atoms with van der Waals surface area (Å²) >= 11 is 0. The highest BCUT2D eigenvalue weighted by atomic mass is 35.5. The second kappa shape index (κ2) is 11.1. The summed E-state index contributed by atoms with van der Waals surface area (Å²) in [4.78, 5) is 25.9. The molecule has 2 rings (SSSR count). The topological polar surface area (TPSA) is 61.4 Å². The van der Waals surface area contributed by atoms with E-state index < -0.39 is 17.5 Å². The number of rotatable bonds is 7. The minimum atomic E-state index is -0.891. The fraction of sp³-hybridized carbons (Fsp3) is 0.556. The fourth-order valence-corrected chi connectivity index (χ4v) is 3.04. The first kappa shape index (κ1) is 22.3. The van der Waals surface area contributed by atoms with E-state index >= 15 is 0 Å². The lowest BCUT2D eigenvalue weighted by molar-refractivity contribution is -0.132. The molecule has 2 N–H and O–H groups in total. The zero-order valence-electron chi connectivity index (χ0n) is 14.9. The Hall–Kier alpha value is -1.73. The molecule has 0 spiro atoms. The predicted octanol–water partition coefficient (Wildman–Crippen LogP) is 2.35. The van der Waals surface area contributed by atoms with Gasteiger partial charge in [0, 0.05) is 32.1 Å². The zero-order valence-corrected chi connectivity index (χ0v) is 15.7. The van der Waals surface area contributed by atoms with E-state index in [0.717, 1.165) is 44.6 Å². The minimum absolute atomic E-state index is 0. The van der Waals surface area contributed by atoms with Crippen LogP contribution in [0.25, 0.3) is 0 Å². The summed E-state index contributed by atoms with van der Waals surface area (Å²) in [5.41, 5.74) is -0.195. The summed E-state index contributed by atoms with van der Waals surface area (Å²) in [6.45, 7) is 2.81. The molecule has 1 aliphatic heterocycles. The molecule has 1 saturated heterocycles. The average Bonchev–Trinajstić information content (AvgIpc) is 2.59. The summed E-state index contributed by atoms with van der Waals surface area (Å²) < 4.78 is 26.3. The van der Waals surface area contributed by atoms with Crippen molar-refractivity contribution in [3.8, 4) is 0 Å². The van der Waals surface area contributed by atoms with Crippen LogP contribution in [-0.4, -0.2) is 49.9 Å². The molecule has 0 radical (unpaired) electrons. The second-order valence-corrected chi connectivity index (χ2v) is 6.37. The van der Waals surface area contributed by atoms with Gasteiger partial charge in [-0.3, -0.25) is 9.59 Å². The van der Waals surface area contributed by atoms with Crippen molar-refractivity contribution in [3.63, 3.8) is 0 Å². The van der Waals surface area contributed by atoms with Gasteiger partial charge in [-0.1, -0.05) is 0 Å². The van der Waals surface area contributed by atoms with Crippen LogP contribution in [0.2, 0.25) is 0 Å². The molecule has 0 bridgehead atoms. The third-order valence-electron chi connectivity index (χ3n) is 4.49. The molecule has 1 heterocycles. The SMILES string of the molecule is CNCC1CCN(C(=O)CCCNC(=O)c2ccc(F)cc2F)CC1.Cl. The van der Waals surface area contributed by atoms with Gasteiger partial charge in [-0.15, -0.1) is 12.4 Å². The van der Waals surface area contributed by atoms with E-state index in [2.05, 4.69) is 10.6 Å². The van der Waals surface area contributed by atoms with E-state index in [1.54, 1.807) is 0 Å². The van der Waals surface area contributed by atoms with E-state index in [1.165, 1.54) is 0 Å². The van der Waals surface area contributed by atoms with Crippen LogP contribution in [0.3, 0.4) is 0 Å². The summed E-state index contributed by atoms with van der Waals surface area (Å²) in [5.74, 6) is -1.50. The maximum atomic E-state index is 13.5.